The predicted octanol–water partition coefficient (Wildman–Crippen LogP) is 2.94. The summed E-state index contributed by atoms with van der Waals surface area (Å²) < 4.78 is 0. The van der Waals surface area contributed by atoms with Crippen LogP contribution in [0.15, 0.2) is 35.7 Å². The van der Waals surface area contributed by atoms with E-state index in [-0.39, 0.29) is 39.8 Å². The maximum absolute atomic E-state index is 12.5. The lowest BCUT2D eigenvalue weighted by molar-refractivity contribution is -0.126. The summed E-state index contributed by atoms with van der Waals surface area (Å²) in [6.45, 7) is 2.14. The number of halogens is 1. The van der Waals surface area contributed by atoms with E-state index in [9.17, 15) is 9.90 Å². The van der Waals surface area contributed by atoms with E-state index in [1.165, 1.54) is 11.1 Å². The zero-order chi connectivity index (χ0) is 18.4. The second kappa shape index (κ2) is 7.30. The molecular weight excluding hydrogens is 412 g/mol. The first-order valence-electron chi connectivity index (χ1n) is 9.23. The fraction of sp³-hybridized carbons (Fsp3) is 0.550. The van der Waals surface area contributed by atoms with Gasteiger partial charge in [0.05, 0.1) is 11.4 Å². The zero-order valence-corrected chi connectivity index (χ0v) is 17.3. The van der Waals surface area contributed by atoms with Gasteiger partial charge in [-0.25, -0.2) is 0 Å². The first-order valence-corrected chi connectivity index (χ1v) is 11.1. The molecule has 0 spiro atoms. The molecule has 1 saturated carbocycles. The molecule has 0 bridgehead atoms. The molecule has 3 N–H and O–H groups in total. The number of aliphatic hydroxyl groups is 1. The first-order chi connectivity index (χ1) is 12.5. The van der Waals surface area contributed by atoms with Gasteiger partial charge in [-0.1, -0.05) is 46.3 Å². The van der Waals surface area contributed by atoms with Gasteiger partial charge in [-0.15, -0.1) is 11.8 Å². The van der Waals surface area contributed by atoms with Crippen LogP contribution in [-0.4, -0.2) is 40.3 Å². The number of piperidine rings is 1. The Morgan fingerprint density at radius 3 is 2.77 bits per heavy atom. The maximum Gasteiger partial charge on any atom is 0.234 e. The topological polar surface area (TPSA) is 61.4 Å². The Morgan fingerprint density at radius 1 is 1.35 bits per heavy atom. The van der Waals surface area contributed by atoms with E-state index < -0.39 is 6.10 Å². The number of benzene rings is 1. The minimum atomic E-state index is -0.414. The Balaban J connectivity index is 1.69. The maximum atomic E-state index is 12.5. The van der Waals surface area contributed by atoms with Gasteiger partial charge in [0.25, 0.3) is 0 Å². The molecule has 4 rings (SSSR count). The molecule has 0 aromatic heterocycles. The number of thioether (sulfide) groups is 1. The molecule has 8 atom stereocenters. The second-order valence-corrected chi connectivity index (χ2v) is 9.82. The smallest absolute Gasteiger partial charge is 0.234 e. The van der Waals surface area contributed by atoms with Crippen molar-refractivity contribution in [1.82, 2.24) is 10.6 Å². The highest BCUT2D eigenvalue weighted by Gasteiger charge is 2.54. The second-order valence-electron chi connectivity index (χ2n) is 7.60. The molecule has 140 valence electrons. The predicted molar refractivity (Wildman–Crippen MR) is 109 cm³/mol. The number of alkyl halides is 1. The molecule has 1 saturated heterocycles. The Morgan fingerprint density at radius 2 is 2.08 bits per heavy atom. The minimum absolute atomic E-state index is 0.0317. The largest absolute Gasteiger partial charge is 0.392 e. The Hall–Kier alpha value is -0.820. The molecule has 1 amide bonds. The van der Waals surface area contributed by atoms with Crippen molar-refractivity contribution < 1.29 is 9.90 Å². The van der Waals surface area contributed by atoms with E-state index in [1.54, 1.807) is 11.8 Å². The third-order valence-electron chi connectivity index (χ3n) is 6.24. The molecule has 1 aliphatic carbocycles. The van der Waals surface area contributed by atoms with E-state index in [2.05, 4.69) is 69.2 Å². The lowest BCUT2D eigenvalue weighted by Gasteiger charge is -2.50. The number of nitrogens with one attached hydrogen (secondary N) is 2. The van der Waals surface area contributed by atoms with Crippen LogP contribution in [0.3, 0.4) is 0 Å². The molecule has 2 aliphatic heterocycles. The Kier molecular flexibility index (Phi) is 5.21. The average Bonchev–Trinajstić information content (AvgIpc) is 3.13. The van der Waals surface area contributed by atoms with Crippen molar-refractivity contribution in [2.45, 2.75) is 47.5 Å². The van der Waals surface area contributed by atoms with Crippen molar-refractivity contribution in [3.8, 4) is 0 Å². The van der Waals surface area contributed by atoms with Crippen molar-refractivity contribution in [3.05, 3.63) is 46.9 Å². The number of carbonyl (C=O) groups excluding carboxylic acids is 1. The normalized spacial score (nSPS) is 39.8. The van der Waals surface area contributed by atoms with Gasteiger partial charge in [0.1, 0.15) is 0 Å². The summed E-state index contributed by atoms with van der Waals surface area (Å²) >= 11 is 5.32. The molecule has 4 nitrogen and oxygen atoms in total. The average molecular weight is 437 g/mol. The number of allylic oxidation sites excluding steroid dienone is 1. The molecule has 7 unspecified atom stereocenters. The number of rotatable bonds is 3. The first kappa shape index (κ1) is 18.5. The lowest BCUT2D eigenvalue weighted by Crippen LogP contribution is -2.63. The summed E-state index contributed by atoms with van der Waals surface area (Å²) in [7, 11) is 1.96. The van der Waals surface area contributed by atoms with Crippen LogP contribution in [0.4, 0.5) is 0 Å². The monoisotopic (exact) mass is 436 g/mol. The van der Waals surface area contributed by atoms with Crippen molar-refractivity contribution in [2.75, 3.05) is 7.05 Å². The van der Waals surface area contributed by atoms with Gasteiger partial charge in [-0.2, -0.15) is 0 Å². The summed E-state index contributed by atoms with van der Waals surface area (Å²) in [5.74, 6) is 0.535. The van der Waals surface area contributed by atoms with Crippen LogP contribution in [0.1, 0.15) is 36.4 Å². The zero-order valence-electron chi connectivity index (χ0n) is 14.9. The number of fused-ring (bicyclic) bond motifs is 3. The molecule has 3 aliphatic rings. The van der Waals surface area contributed by atoms with Crippen molar-refractivity contribution in [3.63, 3.8) is 0 Å². The van der Waals surface area contributed by atoms with Crippen LogP contribution in [-0.2, 0) is 4.79 Å². The van der Waals surface area contributed by atoms with Crippen LogP contribution in [0.5, 0.6) is 0 Å². The lowest BCUT2D eigenvalue weighted by atomic mass is 9.63. The Bertz CT molecular complexity index is 710. The summed E-state index contributed by atoms with van der Waals surface area (Å²) in [6.07, 6.45) is 2.41. The fourth-order valence-electron chi connectivity index (χ4n) is 4.75. The van der Waals surface area contributed by atoms with E-state index in [0.29, 0.717) is 12.5 Å². The number of aliphatic hydroxyl groups excluding tert-OH is 1. The number of hydrogen-bond donors (Lipinski definition) is 3. The number of carbonyl (C=O) groups is 1. The van der Waals surface area contributed by atoms with E-state index in [0.717, 1.165) is 0 Å². The highest BCUT2D eigenvalue weighted by atomic mass is 79.9. The summed E-state index contributed by atoms with van der Waals surface area (Å²) in [5, 5.41) is 19.4. The summed E-state index contributed by atoms with van der Waals surface area (Å²) in [6, 6.07) is 8.96. The summed E-state index contributed by atoms with van der Waals surface area (Å²) in [4.78, 5) is 12.6. The van der Waals surface area contributed by atoms with Crippen molar-refractivity contribution in [2.24, 2.45) is 11.8 Å². The molecule has 1 aromatic carbocycles. The standard InChI is InChI=1S/C20H25BrN2O2S/c1-10(22-2)11-3-5-12(6-4-11)16-15(24)9-14(21)18-17(16)13-7-8-26-19(13)20(25)23-18/h3-8,10,13-19,22,24H,9H2,1-2H3,(H,23,25)/t10-,13?,14?,15?,16?,17?,18?,19?/m1/s1. The van der Waals surface area contributed by atoms with Crippen LogP contribution in [0.25, 0.3) is 0 Å². The molecule has 2 fully saturated rings. The van der Waals surface area contributed by atoms with Crippen LogP contribution < -0.4 is 10.6 Å². The van der Waals surface area contributed by atoms with E-state index >= 15 is 0 Å². The highest BCUT2D eigenvalue weighted by Crippen LogP contribution is 2.51. The molecule has 2 heterocycles. The molecule has 26 heavy (non-hydrogen) atoms. The molecule has 6 heteroatoms. The van der Waals surface area contributed by atoms with Gasteiger partial charge in [-0.05, 0) is 42.8 Å². The van der Waals surface area contributed by atoms with Gasteiger partial charge in [0.2, 0.25) is 5.91 Å². The molecule has 0 radical (unpaired) electrons. The van der Waals surface area contributed by atoms with Gasteiger partial charge in [0, 0.05) is 28.7 Å². The van der Waals surface area contributed by atoms with Gasteiger partial charge >= 0.3 is 0 Å². The Labute approximate surface area is 167 Å². The number of amides is 1. The van der Waals surface area contributed by atoms with Crippen LogP contribution in [0.2, 0.25) is 0 Å². The molecule has 1 aromatic rings. The number of hydrogen-bond acceptors (Lipinski definition) is 4. The van der Waals surface area contributed by atoms with E-state index in [4.69, 9.17) is 0 Å². The minimum Gasteiger partial charge on any atom is -0.392 e. The summed E-state index contributed by atoms with van der Waals surface area (Å²) in [5.41, 5.74) is 2.40. The van der Waals surface area contributed by atoms with Gasteiger partial charge in [0.15, 0.2) is 0 Å². The SMILES string of the molecule is CN[C@H](C)c1ccc(C2C(O)CC(Br)C3NC(=O)C4SC=CC4C32)cc1. The van der Waals surface area contributed by atoms with Crippen LogP contribution in [0, 0.1) is 11.8 Å². The van der Waals surface area contributed by atoms with Crippen molar-refractivity contribution in [1.29, 1.82) is 0 Å². The fourth-order valence-corrected chi connectivity index (χ4v) is 6.71. The van der Waals surface area contributed by atoms with Gasteiger partial charge in [-0.3, -0.25) is 4.79 Å². The highest BCUT2D eigenvalue weighted by molar-refractivity contribution is 9.09. The third kappa shape index (κ3) is 3.05. The van der Waals surface area contributed by atoms with Crippen molar-refractivity contribution >= 4 is 33.6 Å². The van der Waals surface area contributed by atoms with Crippen LogP contribution >= 0.6 is 27.7 Å². The third-order valence-corrected chi connectivity index (χ3v) is 8.32. The molecular formula is C20H25BrN2O2S. The van der Waals surface area contributed by atoms with E-state index in [1.807, 2.05) is 7.05 Å². The quantitative estimate of drug-likeness (QED) is 0.637. The van der Waals surface area contributed by atoms with Gasteiger partial charge < -0.3 is 15.7 Å².